The van der Waals surface area contributed by atoms with Gasteiger partial charge in [-0.15, -0.1) is 0 Å². The summed E-state index contributed by atoms with van der Waals surface area (Å²) in [4.78, 5) is 56.2. The second-order valence-corrected chi connectivity index (χ2v) is 11.5. The van der Waals surface area contributed by atoms with Gasteiger partial charge in [-0.1, -0.05) is 0 Å². The van der Waals surface area contributed by atoms with Crippen molar-refractivity contribution in [2.45, 2.75) is 58.7 Å². The van der Waals surface area contributed by atoms with Gasteiger partial charge < -0.3 is 19.0 Å². The molecule has 12 heteroatoms. The molecule has 0 amide bonds. The minimum atomic E-state index is -0.463. The van der Waals surface area contributed by atoms with E-state index in [4.69, 9.17) is 4.74 Å². The van der Waals surface area contributed by atoms with Gasteiger partial charge in [-0.3, -0.25) is 19.0 Å². The maximum absolute atomic E-state index is 13.6. The number of ether oxygens (including phenoxy) is 1. The Kier molecular flexibility index (Phi) is 10.1. The third kappa shape index (κ3) is 8.60. The lowest BCUT2D eigenvalue weighted by Gasteiger charge is -2.32. The number of halogens is 2. The van der Waals surface area contributed by atoms with Crippen LogP contribution in [-0.4, -0.2) is 61.5 Å². The Morgan fingerprint density at radius 2 is 1.44 bits per heavy atom. The summed E-state index contributed by atoms with van der Waals surface area (Å²) in [6, 6.07) is 8.20. The van der Waals surface area contributed by atoms with E-state index in [-0.39, 0.29) is 23.9 Å². The highest BCUT2D eigenvalue weighted by atomic mass is 19.1. The van der Waals surface area contributed by atoms with Crippen LogP contribution in [0.5, 0.6) is 0 Å². The fourth-order valence-electron chi connectivity index (χ4n) is 5.04. The van der Waals surface area contributed by atoms with E-state index < -0.39 is 17.0 Å². The van der Waals surface area contributed by atoms with Crippen LogP contribution in [0.3, 0.4) is 0 Å². The Morgan fingerprint density at radius 1 is 0.907 bits per heavy atom. The smallest absolute Gasteiger partial charge is 0.306 e. The van der Waals surface area contributed by atoms with Crippen molar-refractivity contribution in [2.24, 2.45) is 5.92 Å². The van der Waals surface area contributed by atoms with Gasteiger partial charge in [0.2, 0.25) is 0 Å². The van der Waals surface area contributed by atoms with Crippen molar-refractivity contribution in [1.82, 2.24) is 24.0 Å². The summed E-state index contributed by atoms with van der Waals surface area (Å²) in [5.41, 5.74) is 0.854. The number of aromatic nitrogens is 4. The molecule has 3 heterocycles. The van der Waals surface area contributed by atoms with Crippen molar-refractivity contribution in [3.05, 3.63) is 81.1 Å². The third-order valence-corrected chi connectivity index (χ3v) is 7.10. The number of nitrogens with zero attached hydrogens (tertiary/aromatic N) is 5. The summed E-state index contributed by atoms with van der Waals surface area (Å²) in [5.74, 6) is -0.640. The number of aldehydes is 1. The highest BCUT2D eigenvalue weighted by Gasteiger charge is 2.24. The number of fused-ring (bicyclic) bond motifs is 2. The van der Waals surface area contributed by atoms with Crippen molar-refractivity contribution in [1.29, 1.82) is 0 Å². The number of esters is 1. The van der Waals surface area contributed by atoms with Gasteiger partial charge in [0.05, 0.1) is 41.0 Å². The quantitative estimate of drug-likeness (QED) is 0.235. The average molecular weight is 596 g/mol. The predicted octanol–water partition coefficient (Wildman–Crippen LogP) is 3.71. The molecule has 43 heavy (non-hydrogen) atoms. The zero-order valence-electron chi connectivity index (χ0n) is 24.5. The molecule has 0 radical (unpaired) electrons. The van der Waals surface area contributed by atoms with Gasteiger partial charge >= 0.3 is 5.97 Å². The van der Waals surface area contributed by atoms with Crippen molar-refractivity contribution in [3.8, 4) is 0 Å². The third-order valence-electron chi connectivity index (χ3n) is 7.10. The van der Waals surface area contributed by atoms with Crippen LogP contribution in [0.25, 0.3) is 22.1 Å². The van der Waals surface area contributed by atoms with Gasteiger partial charge in [-0.25, -0.2) is 18.7 Å². The Balaban J connectivity index is 0.000000237. The Hall–Kier alpha value is -4.32. The maximum atomic E-state index is 13.6. The van der Waals surface area contributed by atoms with E-state index in [0.29, 0.717) is 53.8 Å². The van der Waals surface area contributed by atoms with Gasteiger partial charge in [-0.2, -0.15) is 0 Å². The molecule has 0 saturated carbocycles. The number of hydrogen-bond acceptors (Lipinski definition) is 8. The van der Waals surface area contributed by atoms with E-state index in [2.05, 4.69) is 14.9 Å². The Bertz CT molecular complexity index is 1720. The first-order valence-electron chi connectivity index (χ1n) is 14.1. The molecule has 0 bridgehead atoms. The van der Waals surface area contributed by atoms with Crippen LogP contribution in [0.2, 0.25) is 0 Å². The van der Waals surface area contributed by atoms with Crippen molar-refractivity contribution < 1.29 is 23.1 Å². The first-order chi connectivity index (χ1) is 20.4. The lowest BCUT2D eigenvalue weighted by molar-refractivity contribution is -0.156. The summed E-state index contributed by atoms with van der Waals surface area (Å²) in [5, 5.41) is 0. The largest absolute Gasteiger partial charge is 0.460 e. The highest BCUT2D eigenvalue weighted by Crippen LogP contribution is 2.22. The number of rotatable bonds is 7. The Morgan fingerprint density at radius 3 is 1.98 bits per heavy atom. The maximum Gasteiger partial charge on any atom is 0.306 e. The van der Waals surface area contributed by atoms with Crippen LogP contribution in [0, 0.1) is 17.6 Å². The van der Waals surface area contributed by atoms with E-state index in [1.165, 1.54) is 41.1 Å². The molecule has 0 N–H and O–H groups in total. The SMILES string of the molecule is CC(C)(C)OC(=O)CC1CCN(CCn2c(=O)cnc3ccc(F)cc32)CC1.O=CCn1c(=O)cnc2ccc(F)cc21. The fourth-order valence-corrected chi connectivity index (χ4v) is 5.04. The van der Waals surface area contributed by atoms with E-state index in [1.807, 2.05) is 20.8 Å². The predicted molar refractivity (Wildman–Crippen MR) is 158 cm³/mol. The fraction of sp³-hybridized carbons (Fsp3) is 0.419. The van der Waals surface area contributed by atoms with E-state index in [1.54, 1.807) is 10.6 Å². The van der Waals surface area contributed by atoms with E-state index in [0.717, 1.165) is 32.1 Å². The van der Waals surface area contributed by atoms with Gasteiger partial charge in [-0.05, 0) is 89.0 Å². The first kappa shape index (κ1) is 31.6. The summed E-state index contributed by atoms with van der Waals surface area (Å²) in [7, 11) is 0. The lowest BCUT2D eigenvalue weighted by Crippen LogP contribution is -2.38. The molecule has 0 spiro atoms. The monoisotopic (exact) mass is 595 g/mol. The average Bonchev–Trinajstić information content (AvgIpc) is 2.94. The number of hydrogen-bond donors (Lipinski definition) is 0. The van der Waals surface area contributed by atoms with E-state index in [9.17, 15) is 28.0 Å². The minimum Gasteiger partial charge on any atom is -0.460 e. The number of benzene rings is 2. The molecule has 10 nitrogen and oxygen atoms in total. The van der Waals surface area contributed by atoms with Crippen LogP contribution in [0.15, 0.2) is 58.4 Å². The molecule has 0 aliphatic carbocycles. The second-order valence-electron chi connectivity index (χ2n) is 11.5. The number of likely N-dealkylation sites (tertiary alicyclic amines) is 1. The van der Waals surface area contributed by atoms with Crippen LogP contribution in [0.1, 0.15) is 40.0 Å². The molecule has 1 aliphatic rings. The van der Waals surface area contributed by atoms with E-state index >= 15 is 0 Å². The molecule has 4 aromatic rings. The number of carbonyl (C=O) groups is 2. The summed E-state index contributed by atoms with van der Waals surface area (Å²) >= 11 is 0. The second kappa shape index (κ2) is 13.8. The zero-order valence-corrected chi connectivity index (χ0v) is 24.5. The minimum absolute atomic E-state index is 0.0959. The van der Waals surface area contributed by atoms with Crippen LogP contribution in [-0.2, 0) is 27.4 Å². The molecular weight excluding hydrogens is 560 g/mol. The molecule has 1 saturated heterocycles. The standard InChI is InChI=1S/C21H28FN3O3.C10H7FN2O2/c1-21(2,3)28-20(27)12-15-6-8-24(9-7-15)10-11-25-18-13-16(22)4-5-17(18)23-14-19(25)26;11-7-1-2-8-9(5-7)13(3-4-14)10(15)6-12-8/h4-5,13-15H,6-12H2,1-3H3;1-2,4-6H,3H2. The molecule has 5 rings (SSSR count). The molecule has 0 atom stereocenters. The van der Waals surface area contributed by atoms with Crippen molar-refractivity contribution in [3.63, 3.8) is 0 Å². The lowest BCUT2D eigenvalue weighted by atomic mass is 9.93. The molecule has 1 fully saturated rings. The normalized spacial score (nSPS) is 14.3. The number of piperidine rings is 1. The molecule has 228 valence electrons. The van der Waals surface area contributed by atoms with Gasteiger partial charge in [0, 0.05) is 19.5 Å². The summed E-state index contributed by atoms with van der Waals surface area (Å²) in [6.07, 6.45) is 5.31. The zero-order chi connectivity index (χ0) is 31.1. The van der Waals surface area contributed by atoms with Crippen molar-refractivity contribution >= 4 is 34.3 Å². The molecule has 2 aromatic heterocycles. The van der Waals surface area contributed by atoms with Crippen LogP contribution in [0.4, 0.5) is 8.78 Å². The number of carbonyl (C=O) groups excluding carboxylic acids is 2. The Labute approximate surface area is 246 Å². The topological polar surface area (TPSA) is 116 Å². The van der Waals surface area contributed by atoms with Gasteiger partial charge in [0.25, 0.3) is 11.1 Å². The van der Waals surface area contributed by atoms with Crippen molar-refractivity contribution in [2.75, 3.05) is 19.6 Å². The molecule has 0 unspecified atom stereocenters. The van der Waals surface area contributed by atoms with Crippen LogP contribution >= 0.6 is 0 Å². The molecular formula is C31H35F2N5O5. The highest BCUT2D eigenvalue weighted by molar-refractivity contribution is 5.75. The van der Waals surface area contributed by atoms with Gasteiger partial charge in [0.15, 0.2) is 0 Å². The molecule has 2 aromatic carbocycles. The molecule has 1 aliphatic heterocycles. The van der Waals surface area contributed by atoms with Crippen LogP contribution < -0.4 is 11.1 Å². The summed E-state index contributed by atoms with van der Waals surface area (Å²) < 4.78 is 34.7. The summed E-state index contributed by atoms with van der Waals surface area (Å²) in [6.45, 7) is 8.48. The van der Waals surface area contributed by atoms with Gasteiger partial charge in [0.1, 0.15) is 23.5 Å². The first-order valence-corrected chi connectivity index (χ1v) is 14.1.